The summed E-state index contributed by atoms with van der Waals surface area (Å²) in [6, 6.07) is 2.34. The van der Waals surface area contributed by atoms with Crippen molar-refractivity contribution in [1.82, 2.24) is 24.2 Å². The van der Waals surface area contributed by atoms with Gasteiger partial charge >= 0.3 is 12.0 Å². The largest absolute Gasteiger partial charge is 0.466 e. The van der Waals surface area contributed by atoms with Crippen LogP contribution in [0, 0.1) is 18.4 Å². The van der Waals surface area contributed by atoms with Gasteiger partial charge in [-0.15, -0.1) is 4.37 Å². The molecule has 1 aliphatic carbocycles. The summed E-state index contributed by atoms with van der Waals surface area (Å²) in [5, 5.41) is 7.77. The highest BCUT2D eigenvalue weighted by Gasteiger charge is 2.42. The molecule has 10 nitrogen and oxygen atoms in total. The number of nitrogens with one attached hydrogen (secondary N) is 3. The molecule has 3 N–H and O–H groups in total. The van der Waals surface area contributed by atoms with Gasteiger partial charge in [0.15, 0.2) is 0 Å². The summed E-state index contributed by atoms with van der Waals surface area (Å²) >= 11 is 1.10. The number of hydrogen-bond donors (Lipinski definition) is 3. The first-order chi connectivity index (χ1) is 14.6. The van der Waals surface area contributed by atoms with Crippen molar-refractivity contribution < 1.29 is 9.53 Å². The van der Waals surface area contributed by atoms with Crippen molar-refractivity contribution in [2.75, 3.05) is 30.8 Å². The van der Waals surface area contributed by atoms with Gasteiger partial charge in [-0.1, -0.05) is 0 Å². The molecule has 0 spiro atoms. The highest BCUT2D eigenvalue weighted by atomic mass is 32.1. The van der Waals surface area contributed by atoms with E-state index in [9.17, 15) is 4.79 Å². The van der Waals surface area contributed by atoms with Crippen molar-refractivity contribution in [2.24, 2.45) is 11.8 Å². The maximum absolute atomic E-state index is 12.6. The number of likely N-dealkylation sites (tertiary alicyclic amines) is 1. The Morgan fingerprint density at radius 3 is 2.90 bits per heavy atom. The fourth-order valence-corrected chi connectivity index (χ4v) is 5.07. The lowest BCUT2D eigenvalue weighted by atomic mass is 10.0. The van der Waals surface area contributed by atoms with Crippen LogP contribution in [-0.4, -0.2) is 56.5 Å². The van der Waals surface area contributed by atoms with Crippen molar-refractivity contribution in [2.45, 2.75) is 18.9 Å². The molecule has 1 unspecified atom stereocenters. The lowest BCUT2D eigenvalue weighted by molar-refractivity contribution is 0.218. The maximum Gasteiger partial charge on any atom is 0.329 e. The van der Waals surface area contributed by atoms with Crippen LogP contribution in [0.5, 0.6) is 6.01 Å². The van der Waals surface area contributed by atoms with Gasteiger partial charge < -0.3 is 19.9 Å². The van der Waals surface area contributed by atoms with Gasteiger partial charge in [-0.05, 0) is 30.7 Å². The number of H-pyrrole nitrogens is 1. The molecule has 2 amide bonds. The minimum absolute atomic E-state index is 0.147. The van der Waals surface area contributed by atoms with Crippen LogP contribution in [0.15, 0.2) is 18.5 Å². The molecule has 0 bridgehead atoms. The van der Waals surface area contributed by atoms with Gasteiger partial charge in [0, 0.05) is 48.4 Å². The summed E-state index contributed by atoms with van der Waals surface area (Å²) in [5.41, 5.74) is 2.16. The number of amides is 2. The van der Waals surface area contributed by atoms with Crippen LogP contribution < -0.4 is 15.4 Å². The lowest BCUT2D eigenvalue weighted by Crippen LogP contribution is -2.34. The third kappa shape index (κ3) is 3.29. The van der Waals surface area contributed by atoms with Gasteiger partial charge in [-0.3, -0.25) is 10.3 Å². The zero-order chi connectivity index (χ0) is 20.7. The van der Waals surface area contributed by atoms with Crippen LogP contribution in [0.25, 0.3) is 15.9 Å². The van der Waals surface area contributed by atoms with Gasteiger partial charge in [0.05, 0.1) is 19.4 Å². The molecular formula is C19H20N8O2S. The van der Waals surface area contributed by atoms with Gasteiger partial charge in [0.25, 0.3) is 0 Å². The maximum atomic E-state index is 12.6. The topological polar surface area (TPSA) is 112 Å². The third-order valence-corrected chi connectivity index (χ3v) is 6.49. The first kappa shape index (κ1) is 18.6. The van der Waals surface area contributed by atoms with Gasteiger partial charge in [0.1, 0.15) is 5.65 Å². The molecule has 11 heteroatoms. The quantitative estimate of drug-likeness (QED) is 0.554. The number of carbonyl (C=O) groups is 1. The van der Waals surface area contributed by atoms with Gasteiger partial charge in [0.2, 0.25) is 10.8 Å². The lowest BCUT2D eigenvalue weighted by Gasteiger charge is -2.21. The van der Waals surface area contributed by atoms with E-state index in [0.29, 0.717) is 22.7 Å². The second-order valence-electron chi connectivity index (χ2n) is 7.62. The summed E-state index contributed by atoms with van der Waals surface area (Å²) < 4.78 is 8.95. The number of hydrogen-bond acceptors (Lipinski definition) is 7. The van der Waals surface area contributed by atoms with E-state index in [4.69, 9.17) is 11.3 Å². The van der Waals surface area contributed by atoms with Crippen LogP contribution in [0.2, 0.25) is 0 Å². The minimum atomic E-state index is -0.147. The second kappa shape index (κ2) is 7.46. The average Bonchev–Trinajstić information content (AvgIpc) is 3.51. The molecule has 1 saturated heterocycles. The van der Waals surface area contributed by atoms with Crippen molar-refractivity contribution in [3.63, 3.8) is 0 Å². The van der Waals surface area contributed by atoms with E-state index in [0.717, 1.165) is 54.2 Å². The molecule has 5 rings (SSSR count). The van der Waals surface area contributed by atoms with Crippen molar-refractivity contribution in [1.29, 1.82) is 0 Å². The molecule has 1 saturated carbocycles. The van der Waals surface area contributed by atoms with E-state index in [1.807, 2.05) is 17.2 Å². The van der Waals surface area contributed by atoms with Crippen molar-refractivity contribution in [3.8, 4) is 6.01 Å². The Morgan fingerprint density at radius 1 is 1.40 bits per heavy atom. The Morgan fingerprint density at radius 2 is 2.20 bits per heavy atom. The summed E-state index contributed by atoms with van der Waals surface area (Å²) in [5.74, 6) is 0.884. The first-order valence-corrected chi connectivity index (χ1v) is 10.5. The fourth-order valence-electron chi connectivity index (χ4n) is 4.54. The second-order valence-corrected chi connectivity index (χ2v) is 8.38. The Labute approximate surface area is 176 Å². The number of anilines is 2. The van der Waals surface area contributed by atoms with Crippen LogP contribution in [0.1, 0.15) is 12.8 Å². The molecule has 3 aromatic rings. The van der Waals surface area contributed by atoms with E-state index >= 15 is 0 Å². The molecule has 3 atom stereocenters. The molecule has 0 aromatic carbocycles. The Kier molecular flexibility index (Phi) is 4.63. The van der Waals surface area contributed by atoms with E-state index in [-0.39, 0.29) is 18.1 Å². The van der Waals surface area contributed by atoms with Crippen LogP contribution in [0.4, 0.5) is 21.3 Å². The van der Waals surface area contributed by atoms with E-state index in [1.54, 1.807) is 6.20 Å². The fraction of sp³-hybridized carbons (Fsp3) is 0.421. The molecule has 2 fully saturated rings. The molecule has 2 aliphatic rings. The predicted molar refractivity (Wildman–Crippen MR) is 113 cm³/mol. The number of aromatic nitrogens is 4. The highest BCUT2D eigenvalue weighted by molar-refractivity contribution is 7.10. The predicted octanol–water partition coefficient (Wildman–Crippen LogP) is 3.33. The van der Waals surface area contributed by atoms with Crippen molar-refractivity contribution in [3.05, 3.63) is 29.9 Å². The molecule has 1 aliphatic heterocycles. The number of aromatic amines is 1. The highest BCUT2D eigenvalue weighted by Crippen LogP contribution is 2.41. The molecule has 154 valence electrons. The number of rotatable bonds is 4. The van der Waals surface area contributed by atoms with Gasteiger partial charge in [-0.2, -0.15) is 4.98 Å². The molecule has 4 heterocycles. The number of nitrogens with zero attached hydrogens (tertiary/aromatic N) is 5. The number of pyridine rings is 1. The monoisotopic (exact) mass is 424 g/mol. The zero-order valence-electron chi connectivity index (χ0n) is 16.3. The Hall–Kier alpha value is -3.39. The molecule has 30 heavy (non-hydrogen) atoms. The number of fused-ring (bicyclic) bond motifs is 2. The van der Waals surface area contributed by atoms with Crippen LogP contribution in [-0.2, 0) is 0 Å². The number of ether oxygens (including phenoxy) is 1. The summed E-state index contributed by atoms with van der Waals surface area (Å²) in [7, 11) is 1.49. The SMILES string of the molecule is [C-]#[N+]c1cnc2[nH]ccc2c1NC1C[C@@H]2CN(C(=O)Nc3nc(OC)ns3)C[C@@H]2C1. The minimum Gasteiger partial charge on any atom is -0.466 e. The third-order valence-electron chi connectivity index (χ3n) is 5.88. The van der Waals surface area contributed by atoms with E-state index in [2.05, 4.69) is 34.8 Å². The summed E-state index contributed by atoms with van der Waals surface area (Å²) in [6.07, 6.45) is 5.38. The Bertz CT molecular complexity index is 1120. The van der Waals surface area contributed by atoms with Crippen LogP contribution in [0.3, 0.4) is 0 Å². The summed E-state index contributed by atoms with van der Waals surface area (Å²) in [4.78, 5) is 29.5. The smallest absolute Gasteiger partial charge is 0.329 e. The molecular weight excluding hydrogens is 404 g/mol. The standard InChI is InChI=1S/C19H20N8O2S/c1-20-14-7-22-16-13(3-4-21-16)15(14)23-12-5-10-8-27(9-11(10)6-12)19(28)25-18-24-17(29-2)26-30-18/h3-4,7,10-12H,5-6,8-9H2,2H3,(H2,21,22,23)(H,24,25,26,28)/t10-,11+,12?. The normalized spacial score (nSPS) is 22.7. The Balaban J connectivity index is 1.22. The zero-order valence-corrected chi connectivity index (χ0v) is 17.1. The van der Waals surface area contributed by atoms with Crippen LogP contribution >= 0.6 is 11.5 Å². The average molecular weight is 424 g/mol. The molecule has 0 radical (unpaired) electrons. The number of carbonyl (C=O) groups excluding carboxylic acids is 1. The van der Waals surface area contributed by atoms with E-state index < -0.39 is 0 Å². The first-order valence-electron chi connectivity index (χ1n) is 9.68. The van der Waals surface area contributed by atoms with Gasteiger partial charge in [-0.25, -0.2) is 9.64 Å². The molecule has 3 aromatic heterocycles. The van der Waals surface area contributed by atoms with E-state index in [1.165, 1.54) is 7.11 Å². The van der Waals surface area contributed by atoms with Crippen molar-refractivity contribution >= 4 is 45.1 Å². The number of methoxy groups -OCH3 is 1. The number of urea groups is 1. The summed E-state index contributed by atoms with van der Waals surface area (Å²) in [6.45, 7) is 8.90.